The van der Waals surface area contributed by atoms with Gasteiger partial charge in [0.15, 0.2) is 0 Å². The first-order valence-electron chi connectivity index (χ1n) is 4.89. The summed E-state index contributed by atoms with van der Waals surface area (Å²) >= 11 is 17.7. The molecule has 2 aromatic carbocycles. The first-order valence-corrected chi connectivity index (χ1v) is 6.02. The average Bonchev–Trinajstić information content (AvgIpc) is 2.33. The van der Waals surface area contributed by atoms with Crippen LogP contribution in [0.3, 0.4) is 0 Å². The minimum atomic E-state index is -0.502. The molecule has 0 radical (unpaired) electrons. The maximum Gasteiger partial charge on any atom is 0.278 e. The van der Waals surface area contributed by atoms with Gasteiger partial charge in [-0.25, -0.2) is 0 Å². The van der Waals surface area contributed by atoms with E-state index in [2.05, 4.69) is 0 Å². The fourth-order valence-corrected chi connectivity index (χ4v) is 2.16. The van der Waals surface area contributed by atoms with Gasteiger partial charge in [0, 0.05) is 16.7 Å². The largest absolute Gasteiger partial charge is 0.278 e. The zero-order chi connectivity index (χ0) is 13.3. The molecule has 0 aromatic heterocycles. The molecule has 6 heteroatoms. The summed E-state index contributed by atoms with van der Waals surface area (Å²) in [6.07, 6.45) is 0. The van der Waals surface area contributed by atoms with E-state index in [0.29, 0.717) is 21.2 Å². The van der Waals surface area contributed by atoms with Crippen LogP contribution < -0.4 is 0 Å². The molecule has 0 N–H and O–H groups in total. The molecule has 3 nitrogen and oxygen atoms in total. The number of hydrogen-bond donors (Lipinski definition) is 0. The van der Waals surface area contributed by atoms with Gasteiger partial charge >= 0.3 is 0 Å². The van der Waals surface area contributed by atoms with Crippen LogP contribution in [0.2, 0.25) is 15.1 Å². The molecule has 0 aliphatic carbocycles. The molecule has 0 fully saturated rings. The highest BCUT2D eigenvalue weighted by atomic mass is 35.5. The SMILES string of the molecule is O=[N+]([O-])c1cc(Cl)ccc1-c1cccc(Cl)c1Cl. The monoisotopic (exact) mass is 301 g/mol. The fourth-order valence-electron chi connectivity index (χ4n) is 1.60. The van der Waals surface area contributed by atoms with Crippen LogP contribution in [0.15, 0.2) is 36.4 Å². The summed E-state index contributed by atoms with van der Waals surface area (Å²) in [6.45, 7) is 0. The van der Waals surface area contributed by atoms with Gasteiger partial charge in [-0.3, -0.25) is 10.1 Å². The Morgan fingerprint density at radius 3 is 2.39 bits per heavy atom. The molecule has 18 heavy (non-hydrogen) atoms. The number of halogens is 3. The minimum absolute atomic E-state index is 0.105. The normalized spacial score (nSPS) is 10.4. The molecule has 0 unspecified atom stereocenters. The molecule has 0 saturated heterocycles. The third-order valence-electron chi connectivity index (χ3n) is 2.40. The molecule has 0 saturated carbocycles. The Labute approximate surface area is 118 Å². The Kier molecular flexibility index (Phi) is 3.76. The zero-order valence-electron chi connectivity index (χ0n) is 8.86. The van der Waals surface area contributed by atoms with Crippen molar-refractivity contribution in [3.05, 3.63) is 61.6 Å². The second-order valence-electron chi connectivity index (χ2n) is 3.52. The van der Waals surface area contributed by atoms with E-state index in [1.165, 1.54) is 6.07 Å². The van der Waals surface area contributed by atoms with Crippen LogP contribution >= 0.6 is 34.8 Å². The molecule has 0 atom stereocenters. The summed E-state index contributed by atoms with van der Waals surface area (Å²) in [5, 5.41) is 11.9. The standard InChI is InChI=1S/C12H6Cl3NO2/c13-7-4-5-8(11(6-7)16(17)18)9-2-1-3-10(14)12(9)15/h1-6H. The van der Waals surface area contributed by atoms with E-state index in [0.717, 1.165) is 0 Å². The summed E-state index contributed by atoms with van der Waals surface area (Å²) in [5.41, 5.74) is 0.788. The first kappa shape index (κ1) is 13.1. The summed E-state index contributed by atoms with van der Waals surface area (Å²) < 4.78 is 0. The smallest absolute Gasteiger partial charge is 0.258 e. The van der Waals surface area contributed by atoms with E-state index in [1.54, 1.807) is 30.3 Å². The Morgan fingerprint density at radius 1 is 1.00 bits per heavy atom. The third kappa shape index (κ3) is 2.43. The summed E-state index contributed by atoms with van der Waals surface area (Å²) in [7, 11) is 0. The maximum absolute atomic E-state index is 11.0. The van der Waals surface area contributed by atoms with Crippen LogP contribution in [-0.4, -0.2) is 4.92 Å². The molecular formula is C12H6Cl3NO2. The Hall–Kier alpha value is -1.29. The van der Waals surface area contributed by atoms with Crippen molar-refractivity contribution in [3.8, 4) is 11.1 Å². The van der Waals surface area contributed by atoms with Crippen LogP contribution in [0.25, 0.3) is 11.1 Å². The predicted molar refractivity (Wildman–Crippen MR) is 73.6 cm³/mol. The second-order valence-corrected chi connectivity index (χ2v) is 4.74. The van der Waals surface area contributed by atoms with E-state index in [1.807, 2.05) is 0 Å². The van der Waals surface area contributed by atoms with Gasteiger partial charge in [-0.2, -0.15) is 0 Å². The number of nitro groups is 1. The predicted octanol–water partition coefficient (Wildman–Crippen LogP) is 5.22. The Morgan fingerprint density at radius 2 is 1.72 bits per heavy atom. The van der Waals surface area contributed by atoms with Gasteiger partial charge in [0.25, 0.3) is 5.69 Å². The van der Waals surface area contributed by atoms with Crippen LogP contribution in [0.1, 0.15) is 0 Å². The lowest BCUT2D eigenvalue weighted by Gasteiger charge is -2.07. The topological polar surface area (TPSA) is 43.1 Å². The number of nitrogens with zero attached hydrogens (tertiary/aromatic N) is 1. The fraction of sp³-hybridized carbons (Fsp3) is 0. The third-order valence-corrected chi connectivity index (χ3v) is 3.45. The van der Waals surface area contributed by atoms with Crippen molar-refractivity contribution in [2.75, 3.05) is 0 Å². The van der Waals surface area contributed by atoms with Crippen molar-refractivity contribution in [3.63, 3.8) is 0 Å². The van der Waals surface area contributed by atoms with Crippen LogP contribution in [0.4, 0.5) is 5.69 Å². The number of hydrogen-bond acceptors (Lipinski definition) is 2. The average molecular weight is 303 g/mol. The van der Waals surface area contributed by atoms with Crippen LogP contribution in [0, 0.1) is 10.1 Å². The summed E-state index contributed by atoms with van der Waals surface area (Å²) in [6, 6.07) is 9.38. The molecule has 0 heterocycles. The van der Waals surface area contributed by atoms with Gasteiger partial charge in [0.2, 0.25) is 0 Å². The molecule has 2 aromatic rings. The lowest BCUT2D eigenvalue weighted by Crippen LogP contribution is -1.92. The van der Waals surface area contributed by atoms with Crippen molar-refractivity contribution >= 4 is 40.5 Å². The second kappa shape index (κ2) is 5.14. The van der Waals surface area contributed by atoms with Crippen molar-refractivity contribution in [2.24, 2.45) is 0 Å². The number of benzene rings is 2. The molecule has 0 bridgehead atoms. The van der Waals surface area contributed by atoms with Gasteiger partial charge in [-0.05, 0) is 18.2 Å². The lowest BCUT2D eigenvalue weighted by atomic mass is 10.0. The minimum Gasteiger partial charge on any atom is -0.258 e. The molecule has 2 rings (SSSR count). The Bertz CT molecular complexity index is 629. The van der Waals surface area contributed by atoms with Gasteiger partial charge in [0.1, 0.15) is 0 Å². The van der Waals surface area contributed by atoms with E-state index in [4.69, 9.17) is 34.8 Å². The number of nitro benzene ring substituents is 1. The van der Waals surface area contributed by atoms with Crippen LogP contribution in [-0.2, 0) is 0 Å². The molecule has 92 valence electrons. The van der Waals surface area contributed by atoms with Crippen molar-refractivity contribution in [2.45, 2.75) is 0 Å². The zero-order valence-corrected chi connectivity index (χ0v) is 11.1. The van der Waals surface area contributed by atoms with Crippen molar-refractivity contribution in [1.82, 2.24) is 0 Å². The maximum atomic E-state index is 11.0. The van der Waals surface area contributed by atoms with Gasteiger partial charge in [-0.1, -0.05) is 46.9 Å². The first-order chi connectivity index (χ1) is 8.50. The Balaban J connectivity index is 2.71. The highest BCUT2D eigenvalue weighted by Crippen LogP contribution is 2.38. The van der Waals surface area contributed by atoms with Crippen LogP contribution in [0.5, 0.6) is 0 Å². The summed E-state index contributed by atoms with van der Waals surface area (Å²) in [5.74, 6) is 0. The van der Waals surface area contributed by atoms with Gasteiger partial charge < -0.3 is 0 Å². The lowest BCUT2D eigenvalue weighted by molar-refractivity contribution is -0.384. The molecule has 0 amide bonds. The van der Waals surface area contributed by atoms with Gasteiger partial charge in [0.05, 0.1) is 20.5 Å². The van der Waals surface area contributed by atoms with Gasteiger partial charge in [-0.15, -0.1) is 0 Å². The highest BCUT2D eigenvalue weighted by molar-refractivity contribution is 6.43. The quantitative estimate of drug-likeness (QED) is 0.563. The number of rotatable bonds is 2. The molecule has 0 aliphatic rings. The van der Waals surface area contributed by atoms with Crippen molar-refractivity contribution < 1.29 is 4.92 Å². The van der Waals surface area contributed by atoms with E-state index >= 15 is 0 Å². The molecule has 0 spiro atoms. The van der Waals surface area contributed by atoms with Crippen molar-refractivity contribution in [1.29, 1.82) is 0 Å². The highest BCUT2D eigenvalue weighted by Gasteiger charge is 2.18. The van der Waals surface area contributed by atoms with E-state index in [-0.39, 0.29) is 10.7 Å². The molecular weight excluding hydrogens is 296 g/mol. The van der Waals surface area contributed by atoms with E-state index < -0.39 is 4.92 Å². The van der Waals surface area contributed by atoms with E-state index in [9.17, 15) is 10.1 Å². The summed E-state index contributed by atoms with van der Waals surface area (Å²) in [4.78, 5) is 10.5. The molecule has 0 aliphatic heterocycles.